The molecule has 5 nitrogen and oxygen atoms in total. The average molecular weight is 252 g/mol. The summed E-state index contributed by atoms with van der Waals surface area (Å²) in [7, 11) is 2.15. The van der Waals surface area contributed by atoms with E-state index >= 15 is 0 Å². The zero-order chi connectivity index (χ0) is 12.8. The van der Waals surface area contributed by atoms with E-state index < -0.39 is 0 Å². The number of ether oxygens (including phenoxy) is 1. The Labute approximate surface area is 109 Å². The second kappa shape index (κ2) is 6.87. The molecule has 0 aliphatic carbocycles. The van der Waals surface area contributed by atoms with E-state index in [1.165, 1.54) is 5.69 Å². The van der Waals surface area contributed by atoms with Crippen LogP contribution < -0.4 is 5.32 Å². The van der Waals surface area contributed by atoms with Gasteiger partial charge >= 0.3 is 0 Å². The van der Waals surface area contributed by atoms with Crippen molar-refractivity contribution in [3.8, 4) is 0 Å². The molecule has 1 unspecified atom stereocenters. The first kappa shape index (κ1) is 13.5. The van der Waals surface area contributed by atoms with Gasteiger partial charge in [-0.15, -0.1) is 0 Å². The maximum absolute atomic E-state index is 5.79. The Morgan fingerprint density at radius 1 is 1.56 bits per heavy atom. The third-order valence-electron chi connectivity index (χ3n) is 3.27. The van der Waals surface area contributed by atoms with Gasteiger partial charge in [-0.3, -0.25) is 0 Å². The van der Waals surface area contributed by atoms with E-state index in [2.05, 4.69) is 33.7 Å². The van der Waals surface area contributed by atoms with Crippen molar-refractivity contribution in [2.75, 3.05) is 33.3 Å². The van der Waals surface area contributed by atoms with E-state index in [0.717, 1.165) is 45.8 Å². The lowest BCUT2D eigenvalue weighted by Crippen LogP contribution is -2.42. The van der Waals surface area contributed by atoms with Crippen LogP contribution in [0, 0.1) is 0 Å². The highest BCUT2D eigenvalue weighted by atomic mass is 16.5. The first-order valence-corrected chi connectivity index (χ1v) is 6.79. The van der Waals surface area contributed by atoms with Gasteiger partial charge in [0.05, 0.1) is 31.3 Å². The fourth-order valence-electron chi connectivity index (χ4n) is 2.25. The number of aromatic nitrogens is 2. The standard InChI is InChI=1S/C13H24N4O/c1-3-4-14-7-12-8-15-11-17(12)10-13-9-16(2)5-6-18-13/h8,11,13-14H,3-7,9-10H2,1-2H3. The van der Waals surface area contributed by atoms with E-state index in [1.54, 1.807) is 0 Å². The van der Waals surface area contributed by atoms with Gasteiger partial charge in [-0.05, 0) is 20.0 Å². The third-order valence-corrected chi connectivity index (χ3v) is 3.27. The predicted molar refractivity (Wildman–Crippen MR) is 71.5 cm³/mol. The Kier molecular flexibility index (Phi) is 5.16. The van der Waals surface area contributed by atoms with Gasteiger partial charge in [-0.2, -0.15) is 0 Å². The number of likely N-dealkylation sites (N-methyl/N-ethyl adjacent to an activating group) is 1. The Bertz CT molecular complexity index is 353. The topological polar surface area (TPSA) is 42.3 Å². The zero-order valence-electron chi connectivity index (χ0n) is 11.4. The molecule has 1 aliphatic heterocycles. The van der Waals surface area contributed by atoms with Crippen LogP contribution in [-0.2, 0) is 17.8 Å². The second-order valence-electron chi connectivity index (χ2n) is 4.97. The van der Waals surface area contributed by atoms with Crippen molar-refractivity contribution < 1.29 is 4.74 Å². The van der Waals surface area contributed by atoms with Gasteiger partial charge in [0, 0.05) is 25.8 Å². The van der Waals surface area contributed by atoms with E-state index in [1.807, 2.05) is 12.5 Å². The van der Waals surface area contributed by atoms with Crippen molar-refractivity contribution in [2.24, 2.45) is 0 Å². The molecule has 0 saturated carbocycles. The molecule has 1 aromatic rings. The number of morpholine rings is 1. The first-order chi connectivity index (χ1) is 8.79. The molecule has 0 bridgehead atoms. The molecule has 102 valence electrons. The van der Waals surface area contributed by atoms with Crippen molar-refractivity contribution in [2.45, 2.75) is 32.5 Å². The van der Waals surface area contributed by atoms with Crippen LogP contribution in [0.1, 0.15) is 19.0 Å². The summed E-state index contributed by atoms with van der Waals surface area (Å²) in [6.45, 7) is 7.87. The van der Waals surface area contributed by atoms with Crippen LogP contribution in [0.25, 0.3) is 0 Å². The molecule has 2 heterocycles. The number of nitrogens with one attached hydrogen (secondary N) is 1. The van der Waals surface area contributed by atoms with Crippen LogP contribution in [0.3, 0.4) is 0 Å². The van der Waals surface area contributed by atoms with E-state index in [-0.39, 0.29) is 6.10 Å². The van der Waals surface area contributed by atoms with Crippen LogP contribution in [0.4, 0.5) is 0 Å². The summed E-state index contributed by atoms with van der Waals surface area (Å²) in [4.78, 5) is 6.56. The smallest absolute Gasteiger partial charge is 0.0949 e. The molecule has 0 spiro atoms. The van der Waals surface area contributed by atoms with Crippen molar-refractivity contribution in [1.82, 2.24) is 19.8 Å². The van der Waals surface area contributed by atoms with Crippen molar-refractivity contribution >= 4 is 0 Å². The minimum atomic E-state index is 0.280. The fourth-order valence-corrected chi connectivity index (χ4v) is 2.25. The number of nitrogens with zero attached hydrogens (tertiary/aromatic N) is 3. The molecule has 1 fully saturated rings. The summed E-state index contributed by atoms with van der Waals surface area (Å²) in [5.41, 5.74) is 1.24. The fraction of sp³-hybridized carbons (Fsp3) is 0.769. The van der Waals surface area contributed by atoms with Crippen LogP contribution in [0.5, 0.6) is 0 Å². The Morgan fingerprint density at radius 3 is 3.22 bits per heavy atom. The lowest BCUT2D eigenvalue weighted by molar-refractivity contribution is -0.0278. The predicted octanol–water partition coefficient (Wildman–Crippen LogP) is 0.713. The van der Waals surface area contributed by atoms with Gasteiger partial charge in [0.2, 0.25) is 0 Å². The van der Waals surface area contributed by atoms with Crippen LogP contribution in [-0.4, -0.2) is 53.8 Å². The quantitative estimate of drug-likeness (QED) is 0.757. The van der Waals surface area contributed by atoms with E-state index in [0.29, 0.717) is 0 Å². The van der Waals surface area contributed by atoms with E-state index in [9.17, 15) is 0 Å². The van der Waals surface area contributed by atoms with Crippen molar-refractivity contribution in [1.29, 1.82) is 0 Å². The van der Waals surface area contributed by atoms with Gasteiger partial charge in [0.25, 0.3) is 0 Å². The van der Waals surface area contributed by atoms with Gasteiger partial charge < -0.3 is 19.5 Å². The van der Waals surface area contributed by atoms with Gasteiger partial charge in [0.1, 0.15) is 0 Å². The maximum Gasteiger partial charge on any atom is 0.0949 e. The van der Waals surface area contributed by atoms with Crippen LogP contribution >= 0.6 is 0 Å². The summed E-state index contributed by atoms with van der Waals surface area (Å²) < 4.78 is 7.99. The second-order valence-corrected chi connectivity index (χ2v) is 4.97. The van der Waals surface area contributed by atoms with Crippen LogP contribution in [0.15, 0.2) is 12.5 Å². The molecule has 0 radical (unpaired) electrons. The summed E-state index contributed by atoms with van der Waals surface area (Å²) >= 11 is 0. The molecular weight excluding hydrogens is 228 g/mol. The molecule has 1 atom stereocenters. The minimum Gasteiger partial charge on any atom is -0.374 e. The lowest BCUT2D eigenvalue weighted by Gasteiger charge is -2.30. The molecule has 2 rings (SSSR count). The summed E-state index contributed by atoms with van der Waals surface area (Å²) in [5, 5.41) is 3.41. The van der Waals surface area contributed by atoms with Gasteiger partial charge in [-0.1, -0.05) is 6.92 Å². The molecule has 1 N–H and O–H groups in total. The Hall–Kier alpha value is -0.910. The summed E-state index contributed by atoms with van der Waals surface area (Å²) in [5.74, 6) is 0. The SMILES string of the molecule is CCCNCc1cncn1CC1CN(C)CCO1. The molecule has 0 aromatic carbocycles. The third kappa shape index (κ3) is 3.80. The number of rotatable bonds is 6. The number of hydrogen-bond acceptors (Lipinski definition) is 4. The highest BCUT2D eigenvalue weighted by molar-refractivity contribution is 4.98. The molecule has 1 saturated heterocycles. The molecule has 5 heteroatoms. The molecule has 18 heavy (non-hydrogen) atoms. The minimum absolute atomic E-state index is 0.280. The molecular formula is C13H24N4O. The Morgan fingerprint density at radius 2 is 2.44 bits per heavy atom. The first-order valence-electron chi connectivity index (χ1n) is 6.79. The molecule has 1 aromatic heterocycles. The van der Waals surface area contributed by atoms with Gasteiger partial charge in [0.15, 0.2) is 0 Å². The zero-order valence-corrected chi connectivity index (χ0v) is 11.4. The Balaban J connectivity index is 1.86. The van der Waals surface area contributed by atoms with Gasteiger partial charge in [-0.25, -0.2) is 4.98 Å². The van der Waals surface area contributed by atoms with Crippen molar-refractivity contribution in [3.63, 3.8) is 0 Å². The van der Waals surface area contributed by atoms with E-state index in [4.69, 9.17) is 4.74 Å². The normalized spacial score (nSPS) is 21.3. The largest absolute Gasteiger partial charge is 0.374 e. The highest BCUT2D eigenvalue weighted by Crippen LogP contribution is 2.08. The summed E-state index contributed by atoms with van der Waals surface area (Å²) in [6.07, 6.45) is 5.28. The maximum atomic E-state index is 5.79. The lowest BCUT2D eigenvalue weighted by atomic mass is 10.2. The molecule has 0 amide bonds. The number of hydrogen-bond donors (Lipinski definition) is 1. The number of imidazole rings is 1. The summed E-state index contributed by atoms with van der Waals surface area (Å²) in [6, 6.07) is 0. The molecule has 1 aliphatic rings. The van der Waals surface area contributed by atoms with Crippen molar-refractivity contribution in [3.05, 3.63) is 18.2 Å². The monoisotopic (exact) mass is 252 g/mol. The van der Waals surface area contributed by atoms with Crippen LogP contribution in [0.2, 0.25) is 0 Å². The highest BCUT2D eigenvalue weighted by Gasteiger charge is 2.18. The average Bonchev–Trinajstić information content (AvgIpc) is 2.77.